The highest BCUT2D eigenvalue weighted by Gasteiger charge is 2.11. The molecule has 0 heterocycles. The molecule has 0 saturated carbocycles. The summed E-state index contributed by atoms with van der Waals surface area (Å²) >= 11 is 0. The fraction of sp³-hybridized carbons (Fsp3) is 0.0588. The normalized spacial score (nSPS) is 10.9. The Labute approximate surface area is 111 Å². The summed E-state index contributed by atoms with van der Waals surface area (Å²) in [6.45, 7) is 3.77. The lowest BCUT2D eigenvalue weighted by Gasteiger charge is -2.12. The van der Waals surface area contributed by atoms with Gasteiger partial charge >= 0.3 is 0 Å². The smallest absolute Gasteiger partial charge is 0.103 e. The Balaban J connectivity index is 2.32. The summed E-state index contributed by atoms with van der Waals surface area (Å²) in [4.78, 5) is 0. The third-order valence-corrected chi connectivity index (χ3v) is 5.81. The van der Waals surface area contributed by atoms with Crippen molar-refractivity contribution in [3.8, 4) is 0 Å². The van der Waals surface area contributed by atoms with Gasteiger partial charge in [-0.3, -0.25) is 0 Å². The van der Waals surface area contributed by atoms with Crippen LogP contribution in [0.1, 0.15) is 6.42 Å². The molecule has 2 aromatic carbocycles. The van der Waals surface area contributed by atoms with E-state index in [0.29, 0.717) is 0 Å². The number of benzene rings is 2. The molecule has 0 aliphatic carbocycles. The lowest BCUT2D eigenvalue weighted by atomic mass is 10.4. The average molecular weight is 250 g/mol. The Morgan fingerprint density at radius 2 is 1.33 bits per heavy atom. The van der Waals surface area contributed by atoms with Crippen molar-refractivity contribution in [2.24, 2.45) is 0 Å². The van der Waals surface area contributed by atoms with Gasteiger partial charge in [0.1, 0.15) is 8.80 Å². The molecular weight excluding hydrogens is 232 g/mol. The molecule has 0 unspecified atom stereocenters. The largest absolute Gasteiger partial charge is 0.125 e. The van der Waals surface area contributed by atoms with Crippen LogP contribution in [-0.2, 0) is 0 Å². The van der Waals surface area contributed by atoms with Gasteiger partial charge in [0.25, 0.3) is 0 Å². The quantitative estimate of drug-likeness (QED) is 0.565. The van der Waals surface area contributed by atoms with E-state index in [2.05, 4.69) is 79.0 Å². The third-order valence-electron chi connectivity index (χ3n) is 2.95. The molecule has 0 spiro atoms. The van der Waals surface area contributed by atoms with Gasteiger partial charge in [-0.1, -0.05) is 88.9 Å². The van der Waals surface area contributed by atoms with Gasteiger partial charge in [0, 0.05) is 0 Å². The molecule has 1 heteroatoms. The summed E-state index contributed by atoms with van der Waals surface area (Å²) in [6, 6.07) is 21.6. The van der Waals surface area contributed by atoms with Gasteiger partial charge in [-0.05, 0) is 6.42 Å². The van der Waals surface area contributed by atoms with Crippen LogP contribution in [0.4, 0.5) is 0 Å². The molecule has 0 amide bonds. The van der Waals surface area contributed by atoms with Crippen LogP contribution in [0.25, 0.3) is 0 Å². The maximum Gasteiger partial charge on any atom is 0.125 e. The molecule has 90 valence electrons. The molecule has 0 bridgehead atoms. The summed E-state index contributed by atoms with van der Waals surface area (Å²) in [6.07, 6.45) is 5.13. The Hall–Kier alpha value is -1.86. The van der Waals surface area contributed by atoms with Crippen LogP contribution in [0.5, 0.6) is 0 Å². The van der Waals surface area contributed by atoms with E-state index in [4.69, 9.17) is 0 Å². The topological polar surface area (TPSA) is 0 Å². The monoisotopic (exact) mass is 250 g/mol. The molecule has 0 aliphatic rings. The van der Waals surface area contributed by atoms with E-state index < -0.39 is 8.80 Å². The zero-order valence-corrected chi connectivity index (χ0v) is 11.7. The molecule has 0 fully saturated rings. The molecule has 2 aromatic rings. The fourth-order valence-electron chi connectivity index (χ4n) is 2.05. The van der Waals surface area contributed by atoms with E-state index in [1.807, 2.05) is 6.08 Å². The number of rotatable bonds is 5. The van der Waals surface area contributed by atoms with Gasteiger partial charge in [0.05, 0.1) is 0 Å². The Kier molecular flexibility index (Phi) is 4.74. The Morgan fingerprint density at radius 3 is 1.78 bits per heavy atom. The minimum absolute atomic E-state index is 0.948. The first kappa shape index (κ1) is 12.6. The molecule has 0 nitrogen and oxygen atoms in total. The van der Waals surface area contributed by atoms with Gasteiger partial charge in [0.2, 0.25) is 0 Å². The molecule has 0 N–H and O–H groups in total. The average Bonchev–Trinajstić information content (AvgIpc) is 2.46. The number of allylic oxidation sites excluding steroid dienone is 2. The highest BCUT2D eigenvalue weighted by atomic mass is 28.3. The predicted octanol–water partition coefficient (Wildman–Crippen LogP) is 2.70. The third kappa shape index (κ3) is 3.31. The van der Waals surface area contributed by atoms with E-state index in [1.54, 1.807) is 0 Å². The standard InChI is InChI=1S/C17H18Si/c1-2-3-10-15-18(16-11-6-4-7-12-16)17-13-8-5-9-14-17/h2,4-15,18H,1,3H2. The van der Waals surface area contributed by atoms with Crippen molar-refractivity contribution in [2.45, 2.75) is 6.42 Å². The van der Waals surface area contributed by atoms with Crippen LogP contribution in [0.3, 0.4) is 0 Å². The van der Waals surface area contributed by atoms with Crippen molar-refractivity contribution in [1.29, 1.82) is 0 Å². The van der Waals surface area contributed by atoms with E-state index >= 15 is 0 Å². The number of hydrogen-bond acceptors (Lipinski definition) is 0. The van der Waals surface area contributed by atoms with E-state index in [0.717, 1.165) is 6.42 Å². The maximum absolute atomic E-state index is 3.77. The van der Waals surface area contributed by atoms with E-state index in [-0.39, 0.29) is 0 Å². The summed E-state index contributed by atoms with van der Waals surface area (Å²) in [7, 11) is -1.21. The van der Waals surface area contributed by atoms with Crippen LogP contribution in [0, 0.1) is 0 Å². The summed E-state index contributed by atoms with van der Waals surface area (Å²) in [5, 5.41) is 2.92. The van der Waals surface area contributed by atoms with Gasteiger partial charge in [-0.2, -0.15) is 0 Å². The first-order valence-corrected chi connectivity index (χ1v) is 8.11. The van der Waals surface area contributed by atoms with Gasteiger partial charge in [-0.15, -0.1) is 6.58 Å². The maximum atomic E-state index is 3.77. The summed E-state index contributed by atoms with van der Waals surface area (Å²) < 4.78 is 0. The first-order valence-electron chi connectivity index (χ1n) is 6.29. The first-order chi connectivity index (χ1) is 8.92. The summed E-state index contributed by atoms with van der Waals surface area (Å²) in [5.74, 6) is 0. The van der Waals surface area contributed by atoms with Crippen molar-refractivity contribution in [3.63, 3.8) is 0 Å². The molecule has 0 saturated heterocycles. The van der Waals surface area contributed by atoms with Crippen molar-refractivity contribution >= 4 is 19.2 Å². The fourth-order valence-corrected chi connectivity index (χ4v) is 4.58. The number of hydrogen-bond donors (Lipinski definition) is 0. The molecular formula is C17H18Si. The molecule has 0 aromatic heterocycles. The molecule has 0 radical (unpaired) electrons. The minimum Gasteiger partial charge on any atom is -0.103 e. The molecule has 2 rings (SSSR count). The van der Waals surface area contributed by atoms with E-state index in [9.17, 15) is 0 Å². The van der Waals surface area contributed by atoms with Crippen LogP contribution in [-0.4, -0.2) is 8.80 Å². The lowest BCUT2D eigenvalue weighted by Crippen LogP contribution is -2.40. The molecule has 0 aliphatic heterocycles. The van der Waals surface area contributed by atoms with Gasteiger partial charge in [0.15, 0.2) is 0 Å². The highest BCUT2D eigenvalue weighted by Crippen LogP contribution is 1.96. The van der Waals surface area contributed by atoms with Crippen molar-refractivity contribution in [2.75, 3.05) is 0 Å². The zero-order chi connectivity index (χ0) is 12.6. The Bertz CT molecular complexity index is 460. The summed E-state index contributed by atoms with van der Waals surface area (Å²) in [5.41, 5.74) is 2.40. The van der Waals surface area contributed by atoms with Crippen molar-refractivity contribution in [1.82, 2.24) is 0 Å². The van der Waals surface area contributed by atoms with Crippen LogP contribution in [0.2, 0.25) is 0 Å². The van der Waals surface area contributed by atoms with Gasteiger partial charge in [-0.25, -0.2) is 0 Å². The second kappa shape index (κ2) is 6.77. The second-order valence-electron chi connectivity index (χ2n) is 4.25. The zero-order valence-electron chi connectivity index (χ0n) is 10.5. The Morgan fingerprint density at radius 1 is 0.833 bits per heavy atom. The van der Waals surface area contributed by atoms with Crippen LogP contribution < -0.4 is 10.4 Å². The van der Waals surface area contributed by atoms with Crippen molar-refractivity contribution in [3.05, 3.63) is 85.1 Å². The SMILES string of the molecule is C=CCC=C[SiH](c1ccccc1)c1ccccc1. The second-order valence-corrected chi connectivity index (χ2v) is 6.93. The molecule has 0 atom stereocenters. The van der Waals surface area contributed by atoms with Crippen LogP contribution >= 0.6 is 0 Å². The minimum atomic E-state index is -1.21. The van der Waals surface area contributed by atoms with Crippen molar-refractivity contribution < 1.29 is 0 Å². The molecule has 18 heavy (non-hydrogen) atoms. The van der Waals surface area contributed by atoms with Gasteiger partial charge < -0.3 is 0 Å². The van der Waals surface area contributed by atoms with Crippen LogP contribution in [0.15, 0.2) is 85.1 Å². The predicted molar refractivity (Wildman–Crippen MR) is 83.3 cm³/mol. The highest BCUT2D eigenvalue weighted by molar-refractivity contribution is 6.89. The van der Waals surface area contributed by atoms with E-state index in [1.165, 1.54) is 10.4 Å². The lowest BCUT2D eigenvalue weighted by molar-refractivity contribution is 1.42.